The summed E-state index contributed by atoms with van der Waals surface area (Å²) in [6.45, 7) is 0.0449. The standard InChI is InChI=1S/C25H16Cl4FN3O2/c26-16-7-15(8-17(27)9-16)22-24(13-34,25(22,28)29)12-32-20-4-1-14(11-31)21(10-20)23(35)33-19-5-2-18(30)3-6-19/h1-10,13,22,32H,12H2,(H,33,35). The van der Waals surface area contributed by atoms with E-state index in [1.54, 1.807) is 24.3 Å². The molecule has 35 heavy (non-hydrogen) atoms. The maximum Gasteiger partial charge on any atom is 0.257 e. The van der Waals surface area contributed by atoms with E-state index in [1.165, 1.54) is 36.4 Å². The third-order valence-electron chi connectivity index (χ3n) is 5.92. The summed E-state index contributed by atoms with van der Waals surface area (Å²) in [5.41, 5.74) is 0.512. The topological polar surface area (TPSA) is 82.0 Å². The van der Waals surface area contributed by atoms with Crippen molar-refractivity contribution in [1.29, 1.82) is 5.26 Å². The van der Waals surface area contributed by atoms with Gasteiger partial charge in [0, 0.05) is 33.9 Å². The summed E-state index contributed by atoms with van der Waals surface area (Å²) < 4.78 is 11.7. The van der Waals surface area contributed by atoms with Crippen LogP contribution in [0.25, 0.3) is 0 Å². The Kier molecular flexibility index (Phi) is 6.99. The first-order chi connectivity index (χ1) is 16.6. The number of hydrogen-bond donors (Lipinski definition) is 2. The third kappa shape index (κ3) is 4.82. The second-order valence-electron chi connectivity index (χ2n) is 8.10. The van der Waals surface area contributed by atoms with Crippen LogP contribution in [0.2, 0.25) is 10.0 Å². The second kappa shape index (κ2) is 9.67. The fourth-order valence-electron chi connectivity index (χ4n) is 4.05. The van der Waals surface area contributed by atoms with E-state index in [9.17, 15) is 19.2 Å². The Labute approximate surface area is 220 Å². The van der Waals surface area contributed by atoms with Crippen molar-refractivity contribution in [2.24, 2.45) is 5.41 Å². The number of anilines is 2. The van der Waals surface area contributed by atoms with E-state index in [2.05, 4.69) is 10.6 Å². The van der Waals surface area contributed by atoms with Gasteiger partial charge in [0.05, 0.1) is 22.6 Å². The molecule has 1 fully saturated rings. The number of aldehydes is 1. The van der Waals surface area contributed by atoms with E-state index >= 15 is 0 Å². The van der Waals surface area contributed by atoms with E-state index in [-0.39, 0.29) is 17.7 Å². The number of nitrogens with zero attached hydrogens (tertiary/aromatic N) is 1. The number of hydrogen-bond acceptors (Lipinski definition) is 4. The van der Waals surface area contributed by atoms with Gasteiger partial charge in [0.25, 0.3) is 5.91 Å². The van der Waals surface area contributed by atoms with Gasteiger partial charge in [-0.15, -0.1) is 0 Å². The average molecular weight is 551 g/mol. The van der Waals surface area contributed by atoms with Crippen molar-refractivity contribution >= 4 is 70.0 Å². The Morgan fingerprint density at radius 2 is 1.66 bits per heavy atom. The zero-order chi connectivity index (χ0) is 25.4. The van der Waals surface area contributed by atoms with Crippen molar-refractivity contribution in [1.82, 2.24) is 0 Å². The second-order valence-corrected chi connectivity index (χ2v) is 10.4. The molecule has 0 bridgehead atoms. The van der Waals surface area contributed by atoms with Gasteiger partial charge in [0.2, 0.25) is 0 Å². The van der Waals surface area contributed by atoms with Gasteiger partial charge in [-0.05, 0) is 66.2 Å². The number of halogens is 5. The molecular formula is C25H16Cl4FN3O2. The summed E-state index contributed by atoms with van der Waals surface area (Å²) in [6, 6.07) is 16.6. The van der Waals surface area contributed by atoms with Crippen molar-refractivity contribution in [3.8, 4) is 6.07 Å². The Morgan fingerprint density at radius 1 is 1.03 bits per heavy atom. The molecule has 10 heteroatoms. The van der Waals surface area contributed by atoms with Crippen LogP contribution in [0.4, 0.5) is 15.8 Å². The Morgan fingerprint density at radius 3 is 2.26 bits per heavy atom. The minimum atomic E-state index is -1.41. The number of alkyl halides is 2. The number of carbonyl (C=O) groups excluding carboxylic acids is 2. The zero-order valence-corrected chi connectivity index (χ0v) is 20.8. The lowest BCUT2D eigenvalue weighted by atomic mass is 10.00. The molecule has 1 saturated carbocycles. The highest BCUT2D eigenvalue weighted by Crippen LogP contribution is 2.73. The highest BCUT2D eigenvalue weighted by Gasteiger charge is 2.76. The van der Waals surface area contributed by atoms with Gasteiger partial charge in [-0.25, -0.2) is 4.39 Å². The number of carbonyl (C=O) groups is 2. The largest absolute Gasteiger partial charge is 0.384 e. The van der Waals surface area contributed by atoms with Crippen LogP contribution in [0.15, 0.2) is 60.7 Å². The first-order valence-electron chi connectivity index (χ1n) is 10.3. The van der Waals surface area contributed by atoms with Crippen LogP contribution in [0.1, 0.15) is 27.4 Å². The summed E-state index contributed by atoms with van der Waals surface area (Å²) in [6.07, 6.45) is 0.700. The molecule has 2 unspecified atom stereocenters. The number of benzene rings is 3. The quantitative estimate of drug-likeness (QED) is 0.249. The van der Waals surface area contributed by atoms with Crippen molar-refractivity contribution < 1.29 is 14.0 Å². The van der Waals surface area contributed by atoms with Gasteiger partial charge >= 0.3 is 0 Å². The minimum Gasteiger partial charge on any atom is -0.384 e. The van der Waals surface area contributed by atoms with Gasteiger partial charge in [-0.2, -0.15) is 5.26 Å². The fourth-order valence-corrected chi connectivity index (χ4v) is 5.57. The average Bonchev–Trinajstić information content (AvgIpc) is 3.32. The summed E-state index contributed by atoms with van der Waals surface area (Å²) in [5.74, 6) is -1.56. The van der Waals surface area contributed by atoms with Crippen LogP contribution in [0.5, 0.6) is 0 Å². The van der Waals surface area contributed by atoms with Crippen LogP contribution in [0.3, 0.4) is 0 Å². The molecule has 0 aliphatic heterocycles. The molecule has 3 aromatic rings. The van der Waals surface area contributed by atoms with E-state index in [1.807, 2.05) is 6.07 Å². The monoisotopic (exact) mass is 549 g/mol. The van der Waals surface area contributed by atoms with Crippen LogP contribution in [0, 0.1) is 22.6 Å². The van der Waals surface area contributed by atoms with E-state index < -0.39 is 27.4 Å². The Bertz CT molecular complexity index is 1340. The molecular weight excluding hydrogens is 535 g/mol. The van der Waals surface area contributed by atoms with Crippen molar-refractivity contribution in [3.05, 3.63) is 93.2 Å². The molecule has 3 aromatic carbocycles. The summed E-state index contributed by atoms with van der Waals surface area (Å²) in [4.78, 5) is 25.0. The van der Waals surface area contributed by atoms with Crippen LogP contribution >= 0.6 is 46.4 Å². The molecule has 178 valence electrons. The Balaban J connectivity index is 1.56. The predicted molar refractivity (Wildman–Crippen MR) is 136 cm³/mol. The van der Waals surface area contributed by atoms with Crippen LogP contribution in [-0.4, -0.2) is 23.1 Å². The summed E-state index contributed by atoms with van der Waals surface area (Å²) in [7, 11) is 0. The maximum atomic E-state index is 13.1. The number of amides is 1. The molecule has 2 N–H and O–H groups in total. The molecule has 2 atom stereocenters. The number of nitriles is 1. The van der Waals surface area contributed by atoms with E-state index in [4.69, 9.17) is 46.4 Å². The molecule has 4 rings (SSSR count). The van der Waals surface area contributed by atoms with E-state index in [0.29, 0.717) is 33.3 Å². The SMILES string of the molecule is N#Cc1ccc(NCC2(C=O)C(c3cc(Cl)cc(Cl)c3)C2(Cl)Cl)cc1C(=O)Nc1ccc(F)cc1. The highest BCUT2D eigenvalue weighted by molar-refractivity contribution is 6.54. The van der Waals surface area contributed by atoms with Gasteiger partial charge in [-0.1, -0.05) is 46.4 Å². The molecule has 0 saturated heterocycles. The molecule has 1 amide bonds. The van der Waals surface area contributed by atoms with E-state index in [0.717, 1.165) is 0 Å². The molecule has 0 aromatic heterocycles. The highest BCUT2D eigenvalue weighted by atomic mass is 35.5. The van der Waals surface area contributed by atoms with Gasteiger partial charge < -0.3 is 15.4 Å². The minimum absolute atomic E-state index is 0.0449. The predicted octanol–water partition coefficient (Wildman–Crippen LogP) is 6.82. The lowest BCUT2D eigenvalue weighted by Gasteiger charge is -2.15. The summed E-state index contributed by atoms with van der Waals surface area (Å²) in [5, 5.41) is 15.9. The Hall–Kier alpha value is -2.82. The summed E-state index contributed by atoms with van der Waals surface area (Å²) >= 11 is 25.3. The number of rotatable bonds is 7. The lowest BCUT2D eigenvalue weighted by Crippen LogP contribution is -2.23. The van der Waals surface area contributed by atoms with Crippen molar-refractivity contribution in [3.63, 3.8) is 0 Å². The molecule has 1 aliphatic rings. The third-order valence-corrected chi connectivity index (χ3v) is 7.49. The smallest absolute Gasteiger partial charge is 0.257 e. The first kappa shape index (κ1) is 25.3. The molecule has 0 radical (unpaired) electrons. The fraction of sp³-hybridized carbons (Fsp3) is 0.160. The molecule has 0 heterocycles. The first-order valence-corrected chi connectivity index (χ1v) is 11.8. The van der Waals surface area contributed by atoms with Crippen molar-refractivity contribution in [2.45, 2.75) is 10.3 Å². The van der Waals surface area contributed by atoms with Crippen LogP contribution < -0.4 is 10.6 Å². The van der Waals surface area contributed by atoms with Gasteiger partial charge in [-0.3, -0.25) is 4.79 Å². The number of nitrogens with one attached hydrogen (secondary N) is 2. The van der Waals surface area contributed by atoms with Gasteiger partial charge in [0.1, 0.15) is 16.4 Å². The molecule has 1 aliphatic carbocycles. The van der Waals surface area contributed by atoms with Crippen LogP contribution in [-0.2, 0) is 4.79 Å². The van der Waals surface area contributed by atoms with Crippen molar-refractivity contribution in [2.75, 3.05) is 17.2 Å². The molecule has 0 spiro atoms. The lowest BCUT2D eigenvalue weighted by molar-refractivity contribution is -0.112. The molecule has 5 nitrogen and oxygen atoms in total. The van der Waals surface area contributed by atoms with Gasteiger partial charge in [0.15, 0.2) is 0 Å². The maximum absolute atomic E-state index is 13.1. The normalized spacial score (nSPS) is 19.9. The zero-order valence-electron chi connectivity index (χ0n) is 17.8.